The normalized spacial score (nSPS) is 10.4. The highest BCUT2D eigenvalue weighted by atomic mass is 35.5. The Morgan fingerprint density at radius 2 is 1.82 bits per heavy atom. The fourth-order valence-electron chi connectivity index (χ4n) is 2.09. The molecule has 2 rings (SSSR count). The molecule has 0 aliphatic rings. The van der Waals surface area contributed by atoms with Crippen LogP contribution in [0.4, 0.5) is 0 Å². The molecule has 0 saturated carbocycles. The molecule has 146 valence electrons. The zero-order chi connectivity index (χ0) is 20.5. The lowest BCUT2D eigenvalue weighted by Crippen LogP contribution is -2.34. The van der Waals surface area contributed by atoms with Gasteiger partial charge in [-0.05, 0) is 48.0 Å². The highest BCUT2D eigenvalue weighted by molar-refractivity contribution is 6.30. The lowest BCUT2D eigenvalue weighted by Gasteiger charge is -2.08. The fourth-order valence-corrected chi connectivity index (χ4v) is 2.21. The molecule has 0 heterocycles. The molecule has 0 aromatic heterocycles. The molecule has 0 aliphatic carbocycles. The van der Waals surface area contributed by atoms with E-state index in [1.165, 1.54) is 20.2 Å². The van der Waals surface area contributed by atoms with Gasteiger partial charge in [0, 0.05) is 17.5 Å². The van der Waals surface area contributed by atoms with E-state index < -0.39 is 17.8 Å². The van der Waals surface area contributed by atoms with E-state index in [1.807, 2.05) is 0 Å². The largest absolute Gasteiger partial charge is 0.493 e. The molecule has 2 aromatic rings. The van der Waals surface area contributed by atoms with Gasteiger partial charge in [-0.2, -0.15) is 5.10 Å². The minimum absolute atomic E-state index is 0.243. The van der Waals surface area contributed by atoms with Gasteiger partial charge in [-0.3, -0.25) is 14.4 Å². The zero-order valence-electron chi connectivity index (χ0n) is 15.2. The number of methoxy groups -OCH3 is 1. The second-order valence-corrected chi connectivity index (χ2v) is 5.92. The van der Waals surface area contributed by atoms with Crippen molar-refractivity contribution >= 4 is 35.6 Å². The van der Waals surface area contributed by atoms with Gasteiger partial charge in [-0.15, -0.1) is 0 Å². The molecule has 0 saturated heterocycles. The van der Waals surface area contributed by atoms with Crippen molar-refractivity contribution in [3.63, 3.8) is 0 Å². The summed E-state index contributed by atoms with van der Waals surface area (Å²) in [5, 5.41) is 6.80. The maximum absolute atomic E-state index is 11.9. The van der Waals surface area contributed by atoms with Crippen LogP contribution in [0.5, 0.6) is 11.5 Å². The van der Waals surface area contributed by atoms with Gasteiger partial charge in [0.25, 0.3) is 11.8 Å². The van der Waals surface area contributed by atoms with Crippen molar-refractivity contribution in [2.75, 3.05) is 13.7 Å². The third-order valence-corrected chi connectivity index (χ3v) is 3.61. The maximum Gasteiger partial charge on any atom is 0.308 e. The molecule has 8 nitrogen and oxygen atoms in total. The van der Waals surface area contributed by atoms with Gasteiger partial charge in [0.2, 0.25) is 0 Å². The average molecular weight is 404 g/mol. The summed E-state index contributed by atoms with van der Waals surface area (Å²) in [4.78, 5) is 34.7. The predicted molar refractivity (Wildman–Crippen MR) is 104 cm³/mol. The summed E-state index contributed by atoms with van der Waals surface area (Å²) >= 11 is 5.76. The summed E-state index contributed by atoms with van der Waals surface area (Å²) < 4.78 is 10.2. The van der Waals surface area contributed by atoms with E-state index in [4.69, 9.17) is 21.1 Å². The number of hydrogen-bond acceptors (Lipinski definition) is 6. The smallest absolute Gasteiger partial charge is 0.308 e. The number of nitrogens with one attached hydrogen (secondary N) is 2. The van der Waals surface area contributed by atoms with Crippen LogP contribution in [0.1, 0.15) is 22.8 Å². The quantitative estimate of drug-likeness (QED) is 0.319. The van der Waals surface area contributed by atoms with Crippen molar-refractivity contribution in [2.45, 2.75) is 6.92 Å². The zero-order valence-corrected chi connectivity index (χ0v) is 15.9. The van der Waals surface area contributed by atoms with E-state index in [-0.39, 0.29) is 12.3 Å². The summed E-state index contributed by atoms with van der Waals surface area (Å²) in [6, 6.07) is 11.1. The molecule has 0 fully saturated rings. The SMILES string of the molecule is COc1cc(/C=N/NC(=O)CNC(=O)c2ccc(Cl)cc2)ccc1OC(C)=O. The van der Waals surface area contributed by atoms with E-state index in [9.17, 15) is 14.4 Å². The van der Waals surface area contributed by atoms with Crippen molar-refractivity contribution in [1.29, 1.82) is 0 Å². The van der Waals surface area contributed by atoms with Crippen LogP contribution in [-0.4, -0.2) is 37.7 Å². The number of benzene rings is 2. The van der Waals surface area contributed by atoms with Crippen molar-refractivity contribution in [3.05, 3.63) is 58.6 Å². The number of carbonyl (C=O) groups is 3. The van der Waals surface area contributed by atoms with Crippen LogP contribution in [-0.2, 0) is 9.59 Å². The monoisotopic (exact) mass is 403 g/mol. The number of esters is 1. The fraction of sp³-hybridized carbons (Fsp3) is 0.158. The topological polar surface area (TPSA) is 106 Å². The average Bonchev–Trinajstić information content (AvgIpc) is 2.67. The number of carbonyl (C=O) groups excluding carboxylic acids is 3. The number of ether oxygens (including phenoxy) is 2. The Morgan fingerprint density at radius 3 is 2.46 bits per heavy atom. The van der Waals surface area contributed by atoms with E-state index in [0.29, 0.717) is 21.9 Å². The van der Waals surface area contributed by atoms with Gasteiger partial charge < -0.3 is 14.8 Å². The number of hydrazone groups is 1. The first-order valence-electron chi connectivity index (χ1n) is 8.11. The van der Waals surface area contributed by atoms with Crippen molar-refractivity contribution in [1.82, 2.24) is 10.7 Å². The first-order chi connectivity index (χ1) is 13.4. The number of nitrogens with zero attached hydrogens (tertiary/aromatic N) is 1. The second-order valence-electron chi connectivity index (χ2n) is 5.49. The Hall–Kier alpha value is -3.39. The van der Waals surface area contributed by atoms with Gasteiger partial charge in [-0.25, -0.2) is 5.43 Å². The van der Waals surface area contributed by atoms with Gasteiger partial charge in [-0.1, -0.05) is 11.6 Å². The third-order valence-electron chi connectivity index (χ3n) is 3.36. The molecular weight excluding hydrogens is 386 g/mol. The standard InChI is InChI=1S/C19H18ClN3O5/c1-12(24)28-16-8-3-13(9-17(16)27-2)10-22-23-18(25)11-21-19(26)14-4-6-15(20)7-5-14/h3-10H,11H2,1-2H3,(H,21,26)(H,23,25)/b22-10+. The molecule has 2 aromatic carbocycles. The first-order valence-corrected chi connectivity index (χ1v) is 8.49. The first kappa shape index (κ1) is 20.9. The summed E-state index contributed by atoms with van der Waals surface area (Å²) in [6.45, 7) is 1.05. The minimum atomic E-state index is -0.498. The van der Waals surface area contributed by atoms with Gasteiger partial charge in [0.05, 0.1) is 19.9 Å². The maximum atomic E-state index is 11.9. The number of rotatable bonds is 7. The van der Waals surface area contributed by atoms with Crippen molar-refractivity contribution in [2.24, 2.45) is 5.10 Å². The molecular formula is C19H18ClN3O5. The van der Waals surface area contributed by atoms with E-state index in [0.717, 1.165) is 0 Å². The molecule has 0 bridgehead atoms. The summed E-state index contributed by atoms with van der Waals surface area (Å²) in [7, 11) is 1.44. The lowest BCUT2D eigenvalue weighted by atomic mass is 10.2. The lowest BCUT2D eigenvalue weighted by molar-refractivity contribution is -0.132. The summed E-state index contributed by atoms with van der Waals surface area (Å²) in [5.41, 5.74) is 3.30. The van der Waals surface area contributed by atoms with Gasteiger partial charge in [0.1, 0.15) is 0 Å². The molecule has 2 N–H and O–H groups in total. The number of amides is 2. The molecule has 2 amide bonds. The highest BCUT2D eigenvalue weighted by Gasteiger charge is 2.08. The van der Waals surface area contributed by atoms with Crippen molar-refractivity contribution < 1.29 is 23.9 Å². The van der Waals surface area contributed by atoms with E-state index in [1.54, 1.807) is 42.5 Å². The summed E-state index contributed by atoms with van der Waals surface area (Å²) in [5.74, 6) is -0.738. The van der Waals surface area contributed by atoms with E-state index in [2.05, 4.69) is 15.8 Å². The molecule has 28 heavy (non-hydrogen) atoms. The number of hydrogen-bond donors (Lipinski definition) is 2. The molecule has 0 aliphatic heterocycles. The van der Waals surface area contributed by atoms with Gasteiger partial charge in [0.15, 0.2) is 11.5 Å². The van der Waals surface area contributed by atoms with Crippen LogP contribution >= 0.6 is 11.6 Å². The predicted octanol–water partition coefficient (Wildman–Crippen LogP) is 2.15. The third kappa shape index (κ3) is 6.40. The summed E-state index contributed by atoms with van der Waals surface area (Å²) in [6.07, 6.45) is 1.39. The Balaban J connectivity index is 1.86. The van der Waals surface area contributed by atoms with Crippen LogP contribution in [0.3, 0.4) is 0 Å². The second kappa shape index (κ2) is 10.1. The van der Waals surface area contributed by atoms with Crippen LogP contribution in [0.2, 0.25) is 5.02 Å². The Morgan fingerprint density at radius 1 is 1.11 bits per heavy atom. The van der Waals surface area contributed by atoms with E-state index >= 15 is 0 Å². The van der Waals surface area contributed by atoms with Crippen LogP contribution in [0, 0.1) is 0 Å². The van der Waals surface area contributed by atoms with Crippen LogP contribution < -0.4 is 20.2 Å². The van der Waals surface area contributed by atoms with Gasteiger partial charge >= 0.3 is 5.97 Å². The Labute approximate surface area is 166 Å². The highest BCUT2D eigenvalue weighted by Crippen LogP contribution is 2.27. The minimum Gasteiger partial charge on any atom is -0.493 e. The molecule has 0 unspecified atom stereocenters. The molecule has 9 heteroatoms. The Kier molecular flexibility index (Phi) is 7.53. The number of halogens is 1. The molecule has 0 spiro atoms. The Bertz CT molecular complexity index is 897. The van der Waals surface area contributed by atoms with Crippen LogP contribution in [0.25, 0.3) is 0 Å². The van der Waals surface area contributed by atoms with Crippen molar-refractivity contribution in [3.8, 4) is 11.5 Å². The molecule has 0 radical (unpaired) electrons. The molecule has 0 atom stereocenters. The van der Waals surface area contributed by atoms with Crippen LogP contribution in [0.15, 0.2) is 47.6 Å².